The first-order valence-corrected chi connectivity index (χ1v) is 9.10. The second kappa shape index (κ2) is 7.92. The van der Waals surface area contributed by atoms with Crippen molar-refractivity contribution in [3.63, 3.8) is 0 Å². The summed E-state index contributed by atoms with van der Waals surface area (Å²) in [5, 5.41) is 12.2. The molecule has 0 atom stereocenters. The van der Waals surface area contributed by atoms with Crippen LogP contribution in [0.25, 0.3) is 0 Å². The molecule has 2 aromatic heterocycles. The average molecular weight is 328 g/mol. The average Bonchev–Trinajstić information content (AvgIpc) is 2.88. The van der Waals surface area contributed by atoms with Gasteiger partial charge in [-0.2, -0.15) is 0 Å². The van der Waals surface area contributed by atoms with Gasteiger partial charge in [-0.15, -0.1) is 10.2 Å². The number of hydrogen-bond acceptors (Lipinski definition) is 8. The van der Waals surface area contributed by atoms with Crippen LogP contribution >= 0.6 is 34.9 Å². The summed E-state index contributed by atoms with van der Waals surface area (Å²) in [4.78, 5) is 8.70. The molecule has 0 aromatic carbocycles. The molecule has 2 heterocycles. The Balaban J connectivity index is 1.87. The van der Waals surface area contributed by atoms with Gasteiger partial charge in [0.05, 0.1) is 0 Å². The summed E-state index contributed by atoms with van der Waals surface area (Å²) in [5.74, 6) is 0.647. The van der Waals surface area contributed by atoms with E-state index in [0.717, 1.165) is 27.3 Å². The molecule has 20 heavy (non-hydrogen) atoms. The largest absolute Gasteiger partial charge is 0.312 e. The number of aromatic nitrogens is 4. The maximum Gasteiger partial charge on any atom is 0.194 e. The smallest absolute Gasteiger partial charge is 0.194 e. The number of rotatable bonds is 7. The summed E-state index contributed by atoms with van der Waals surface area (Å²) < 4.78 is 1.84. The molecule has 2 rings (SSSR count). The molecule has 0 aliphatic rings. The predicted octanol–water partition coefficient (Wildman–Crippen LogP) is 2.95. The number of nitrogens with zero attached hydrogens (tertiary/aromatic N) is 4. The fraction of sp³-hybridized carbons (Fsp3) is 0.500. The minimum Gasteiger partial charge on any atom is -0.312 e. The summed E-state index contributed by atoms with van der Waals surface area (Å²) in [6, 6.07) is 0. The maximum atomic E-state index is 4.35. The fourth-order valence-electron chi connectivity index (χ4n) is 1.39. The molecule has 0 spiro atoms. The highest BCUT2D eigenvalue weighted by molar-refractivity contribution is 8.02. The van der Waals surface area contributed by atoms with Crippen molar-refractivity contribution < 1.29 is 0 Å². The Bertz CT molecular complexity index is 526. The van der Waals surface area contributed by atoms with Crippen molar-refractivity contribution >= 4 is 34.9 Å². The molecule has 0 aliphatic heterocycles. The molecule has 108 valence electrons. The van der Waals surface area contributed by atoms with Crippen LogP contribution < -0.4 is 5.32 Å². The van der Waals surface area contributed by atoms with Crippen molar-refractivity contribution in [3.05, 3.63) is 18.0 Å². The van der Waals surface area contributed by atoms with Crippen LogP contribution in [-0.4, -0.2) is 33.0 Å². The molecule has 2 aromatic rings. The van der Waals surface area contributed by atoms with Crippen LogP contribution in [0.2, 0.25) is 0 Å². The molecule has 0 amide bonds. The van der Waals surface area contributed by atoms with Crippen molar-refractivity contribution in [1.82, 2.24) is 25.5 Å². The molecule has 1 N–H and O–H groups in total. The van der Waals surface area contributed by atoms with Crippen LogP contribution in [0.4, 0.5) is 0 Å². The number of nitrogens with one attached hydrogen (secondary N) is 1. The fourth-order valence-corrected chi connectivity index (χ4v) is 3.63. The summed E-state index contributed by atoms with van der Waals surface area (Å²) in [7, 11) is 0. The SMILES string of the molecule is CSc1nnc(Sc2ncc(CNCC(C)C)cn2)s1. The number of hydrogen-bond donors (Lipinski definition) is 1. The van der Waals surface area contributed by atoms with Crippen LogP contribution in [0.15, 0.2) is 26.2 Å². The molecule has 0 bridgehead atoms. The summed E-state index contributed by atoms with van der Waals surface area (Å²) in [5.41, 5.74) is 1.09. The van der Waals surface area contributed by atoms with Gasteiger partial charge < -0.3 is 5.32 Å². The molecule has 0 fully saturated rings. The lowest BCUT2D eigenvalue weighted by atomic mass is 10.2. The van der Waals surface area contributed by atoms with E-state index in [4.69, 9.17) is 0 Å². The first-order valence-electron chi connectivity index (χ1n) is 6.24. The molecule has 0 aliphatic carbocycles. The standard InChI is InChI=1S/C12H17N5S3/c1-8(2)4-13-5-9-6-14-10(15-7-9)19-12-17-16-11(18-3)20-12/h6-8,13H,4-5H2,1-3H3. The second-order valence-electron chi connectivity index (χ2n) is 4.54. The molecular formula is C12H17N5S3. The minimum absolute atomic E-state index is 0.647. The van der Waals surface area contributed by atoms with E-state index in [0.29, 0.717) is 11.1 Å². The van der Waals surface area contributed by atoms with Crippen LogP contribution in [0.3, 0.4) is 0 Å². The van der Waals surface area contributed by atoms with Crippen LogP contribution in [-0.2, 0) is 6.54 Å². The third kappa shape index (κ3) is 5.01. The van der Waals surface area contributed by atoms with E-state index < -0.39 is 0 Å². The van der Waals surface area contributed by atoms with Crippen molar-refractivity contribution in [1.29, 1.82) is 0 Å². The van der Waals surface area contributed by atoms with E-state index in [9.17, 15) is 0 Å². The molecule has 0 saturated heterocycles. The Kier molecular flexibility index (Phi) is 6.21. The second-order valence-corrected chi connectivity index (χ2v) is 7.78. The van der Waals surface area contributed by atoms with Gasteiger partial charge >= 0.3 is 0 Å². The monoisotopic (exact) mass is 327 g/mol. The van der Waals surface area contributed by atoms with Gasteiger partial charge in [0.15, 0.2) is 13.8 Å². The van der Waals surface area contributed by atoms with Gasteiger partial charge in [0.25, 0.3) is 0 Å². The molecular weight excluding hydrogens is 310 g/mol. The van der Waals surface area contributed by atoms with Crippen molar-refractivity contribution in [2.75, 3.05) is 12.8 Å². The van der Waals surface area contributed by atoms with Crippen LogP contribution in [0.1, 0.15) is 19.4 Å². The zero-order valence-corrected chi connectivity index (χ0v) is 14.1. The minimum atomic E-state index is 0.647. The molecule has 5 nitrogen and oxygen atoms in total. The third-order valence-electron chi connectivity index (χ3n) is 2.30. The Morgan fingerprint density at radius 3 is 2.50 bits per heavy atom. The summed E-state index contributed by atoms with van der Waals surface area (Å²) in [6.07, 6.45) is 5.71. The highest BCUT2D eigenvalue weighted by Gasteiger charge is 2.07. The van der Waals surface area contributed by atoms with Crippen LogP contribution in [0, 0.1) is 5.92 Å². The third-order valence-corrected chi connectivity index (χ3v) is 5.15. The zero-order valence-electron chi connectivity index (χ0n) is 11.7. The van der Waals surface area contributed by atoms with Gasteiger partial charge in [0, 0.05) is 24.5 Å². The number of thioether (sulfide) groups is 1. The van der Waals surface area contributed by atoms with Crippen molar-refractivity contribution in [3.8, 4) is 0 Å². The quantitative estimate of drug-likeness (QED) is 0.619. The molecule has 0 unspecified atom stereocenters. The first kappa shape index (κ1) is 15.7. The lowest BCUT2D eigenvalue weighted by Crippen LogP contribution is -2.19. The van der Waals surface area contributed by atoms with E-state index >= 15 is 0 Å². The van der Waals surface area contributed by atoms with Gasteiger partial charge in [-0.1, -0.05) is 36.9 Å². The van der Waals surface area contributed by atoms with Gasteiger partial charge in [-0.25, -0.2) is 9.97 Å². The van der Waals surface area contributed by atoms with E-state index in [1.165, 1.54) is 11.8 Å². The Labute approximate surface area is 131 Å². The van der Waals surface area contributed by atoms with Gasteiger partial charge in [-0.3, -0.25) is 0 Å². The Hall–Kier alpha value is -0.700. The van der Waals surface area contributed by atoms with Crippen molar-refractivity contribution in [2.24, 2.45) is 5.92 Å². The molecule has 0 radical (unpaired) electrons. The Morgan fingerprint density at radius 1 is 1.20 bits per heavy atom. The van der Waals surface area contributed by atoms with Gasteiger partial charge in [-0.05, 0) is 30.5 Å². The Morgan fingerprint density at radius 2 is 1.90 bits per heavy atom. The summed E-state index contributed by atoms with van der Waals surface area (Å²) >= 11 is 4.61. The van der Waals surface area contributed by atoms with Crippen molar-refractivity contribution in [2.45, 2.75) is 34.2 Å². The normalized spacial score (nSPS) is 11.2. The zero-order chi connectivity index (χ0) is 14.4. The van der Waals surface area contributed by atoms with E-state index in [-0.39, 0.29) is 0 Å². The van der Waals surface area contributed by atoms with E-state index in [1.54, 1.807) is 23.1 Å². The highest BCUT2D eigenvalue weighted by atomic mass is 32.2. The lowest BCUT2D eigenvalue weighted by Gasteiger charge is -2.06. The highest BCUT2D eigenvalue weighted by Crippen LogP contribution is 2.30. The maximum absolute atomic E-state index is 4.35. The van der Waals surface area contributed by atoms with Gasteiger partial charge in [0.1, 0.15) is 0 Å². The summed E-state index contributed by atoms with van der Waals surface area (Å²) in [6.45, 7) is 6.18. The van der Waals surface area contributed by atoms with E-state index in [2.05, 4.69) is 39.3 Å². The predicted molar refractivity (Wildman–Crippen MR) is 84.4 cm³/mol. The topological polar surface area (TPSA) is 63.6 Å². The molecule has 0 saturated carbocycles. The van der Waals surface area contributed by atoms with Crippen LogP contribution in [0.5, 0.6) is 0 Å². The molecule has 8 heteroatoms. The van der Waals surface area contributed by atoms with Gasteiger partial charge in [0.2, 0.25) is 0 Å². The lowest BCUT2D eigenvalue weighted by molar-refractivity contribution is 0.550. The first-order chi connectivity index (χ1) is 9.67. The van der Waals surface area contributed by atoms with E-state index in [1.807, 2.05) is 18.6 Å².